The molecule has 0 saturated heterocycles. The van der Waals surface area contributed by atoms with E-state index < -0.39 is 0 Å². The number of ether oxygens (including phenoxy) is 2. The molecule has 0 aliphatic carbocycles. The third-order valence-corrected chi connectivity index (χ3v) is 5.62. The van der Waals surface area contributed by atoms with Crippen molar-refractivity contribution in [2.45, 2.75) is 25.6 Å². The van der Waals surface area contributed by atoms with Crippen molar-refractivity contribution in [2.75, 3.05) is 17.7 Å². The first-order valence-electron chi connectivity index (χ1n) is 9.49. The number of rotatable bonds is 9. The molecule has 1 aromatic heterocycles. The molecule has 7 nitrogen and oxygen atoms in total. The third kappa shape index (κ3) is 6.53. The van der Waals surface area contributed by atoms with Crippen LogP contribution in [0.15, 0.2) is 41.6 Å². The molecule has 0 atom stereocenters. The van der Waals surface area contributed by atoms with Gasteiger partial charge in [-0.25, -0.2) is 0 Å². The molecule has 1 heterocycles. The van der Waals surface area contributed by atoms with Gasteiger partial charge in [0.15, 0.2) is 22.5 Å². The highest BCUT2D eigenvalue weighted by Crippen LogP contribution is 2.29. The van der Waals surface area contributed by atoms with E-state index in [1.54, 1.807) is 22.8 Å². The summed E-state index contributed by atoms with van der Waals surface area (Å²) < 4.78 is 13.3. The van der Waals surface area contributed by atoms with Crippen LogP contribution in [0.1, 0.15) is 18.3 Å². The first-order valence-corrected chi connectivity index (χ1v) is 11.2. The van der Waals surface area contributed by atoms with E-state index in [-0.39, 0.29) is 18.3 Å². The summed E-state index contributed by atoms with van der Waals surface area (Å²) in [6.45, 7) is 4.69. The van der Waals surface area contributed by atoms with Gasteiger partial charge >= 0.3 is 0 Å². The SMILES string of the molecule is CCOc1cc(C)ccc1OCc1nnc(SCC(=O)Nc2cc(Cl)cc(Cl)c2)n1C. The molecule has 3 aromatic rings. The number of nitrogens with one attached hydrogen (secondary N) is 1. The maximum absolute atomic E-state index is 12.2. The summed E-state index contributed by atoms with van der Waals surface area (Å²) in [6, 6.07) is 10.6. The second-order valence-electron chi connectivity index (χ2n) is 6.62. The fourth-order valence-electron chi connectivity index (χ4n) is 2.69. The number of nitrogens with zero attached hydrogens (tertiary/aromatic N) is 3. The third-order valence-electron chi connectivity index (χ3n) is 4.16. The largest absolute Gasteiger partial charge is 0.490 e. The smallest absolute Gasteiger partial charge is 0.234 e. The highest BCUT2D eigenvalue weighted by molar-refractivity contribution is 7.99. The Morgan fingerprint density at radius 3 is 2.55 bits per heavy atom. The fourth-order valence-corrected chi connectivity index (χ4v) is 3.95. The molecule has 1 N–H and O–H groups in total. The molecule has 1 amide bonds. The van der Waals surface area contributed by atoms with Gasteiger partial charge < -0.3 is 19.4 Å². The number of benzene rings is 2. The number of aryl methyl sites for hydroxylation is 1. The Morgan fingerprint density at radius 2 is 1.84 bits per heavy atom. The molecule has 0 aliphatic heterocycles. The highest BCUT2D eigenvalue weighted by Gasteiger charge is 2.14. The van der Waals surface area contributed by atoms with Gasteiger partial charge in [0.1, 0.15) is 6.61 Å². The maximum atomic E-state index is 12.2. The van der Waals surface area contributed by atoms with Gasteiger partial charge in [-0.2, -0.15) is 0 Å². The van der Waals surface area contributed by atoms with Gasteiger partial charge in [-0.3, -0.25) is 4.79 Å². The molecule has 2 aromatic carbocycles. The Hall–Kier alpha value is -2.42. The lowest BCUT2D eigenvalue weighted by atomic mass is 10.2. The summed E-state index contributed by atoms with van der Waals surface area (Å²) in [5.74, 6) is 1.92. The van der Waals surface area contributed by atoms with Crippen molar-refractivity contribution in [3.63, 3.8) is 0 Å². The fraction of sp³-hybridized carbons (Fsp3) is 0.286. The van der Waals surface area contributed by atoms with Gasteiger partial charge in [-0.05, 0) is 49.7 Å². The minimum atomic E-state index is -0.204. The van der Waals surface area contributed by atoms with Crippen molar-refractivity contribution in [1.29, 1.82) is 0 Å². The van der Waals surface area contributed by atoms with Crippen molar-refractivity contribution in [3.8, 4) is 11.5 Å². The van der Waals surface area contributed by atoms with Crippen LogP contribution in [0.3, 0.4) is 0 Å². The molecule has 0 spiro atoms. The number of amides is 1. The lowest BCUT2D eigenvalue weighted by molar-refractivity contribution is -0.113. The molecular formula is C21H22Cl2N4O3S. The summed E-state index contributed by atoms with van der Waals surface area (Å²) >= 11 is 13.2. The van der Waals surface area contributed by atoms with Gasteiger partial charge in [0, 0.05) is 22.8 Å². The Balaban J connectivity index is 1.57. The van der Waals surface area contributed by atoms with E-state index in [2.05, 4.69) is 15.5 Å². The monoisotopic (exact) mass is 480 g/mol. The van der Waals surface area contributed by atoms with E-state index in [1.807, 2.05) is 39.1 Å². The first kappa shape index (κ1) is 23.2. The van der Waals surface area contributed by atoms with Crippen molar-refractivity contribution < 1.29 is 14.3 Å². The minimum absolute atomic E-state index is 0.156. The van der Waals surface area contributed by atoms with Crippen molar-refractivity contribution in [3.05, 3.63) is 57.8 Å². The summed E-state index contributed by atoms with van der Waals surface area (Å²) in [6.07, 6.45) is 0. The number of hydrogen-bond donors (Lipinski definition) is 1. The number of thioether (sulfide) groups is 1. The number of halogens is 2. The van der Waals surface area contributed by atoms with Crippen LogP contribution in [-0.4, -0.2) is 33.0 Å². The van der Waals surface area contributed by atoms with Crippen LogP contribution in [0.4, 0.5) is 5.69 Å². The van der Waals surface area contributed by atoms with Gasteiger partial charge in [-0.15, -0.1) is 10.2 Å². The molecule has 0 fully saturated rings. The van der Waals surface area contributed by atoms with E-state index in [1.165, 1.54) is 11.8 Å². The second kappa shape index (κ2) is 10.7. The van der Waals surface area contributed by atoms with E-state index >= 15 is 0 Å². The van der Waals surface area contributed by atoms with Crippen LogP contribution >= 0.6 is 35.0 Å². The predicted octanol–water partition coefficient (Wildman–Crippen LogP) is 5.14. The molecule has 0 bridgehead atoms. The van der Waals surface area contributed by atoms with Crippen LogP contribution in [0.2, 0.25) is 10.0 Å². The zero-order chi connectivity index (χ0) is 22.4. The highest BCUT2D eigenvalue weighted by atomic mass is 35.5. The van der Waals surface area contributed by atoms with Crippen LogP contribution in [-0.2, 0) is 18.4 Å². The maximum Gasteiger partial charge on any atom is 0.234 e. The lowest BCUT2D eigenvalue weighted by Crippen LogP contribution is -2.14. The van der Waals surface area contributed by atoms with Gasteiger partial charge in [-0.1, -0.05) is 41.0 Å². The van der Waals surface area contributed by atoms with Crippen LogP contribution < -0.4 is 14.8 Å². The molecular weight excluding hydrogens is 459 g/mol. The van der Waals surface area contributed by atoms with Crippen LogP contribution in [0.25, 0.3) is 0 Å². The average Bonchev–Trinajstić information content (AvgIpc) is 3.05. The zero-order valence-electron chi connectivity index (χ0n) is 17.3. The number of carbonyl (C=O) groups is 1. The van der Waals surface area contributed by atoms with Crippen LogP contribution in [0, 0.1) is 6.92 Å². The normalized spacial score (nSPS) is 10.7. The molecule has 10 heteroatoms. The Bertz CT molecular complexity index is 1050. The number of anilines is 1. The molecule has 0 unspecified atom stereocenters. The molecule has 0 aliphatic rings. The topological polar surface area (TPSA) is 78.3 Å². The Labute approximate surface area is 195 Å². The Kier molecular flexibility index (Phi) is 8.06. The molecule has 0 radical (unpaired) electrons. The van der Waals surface area contributed by atoms with E-state index in [9.17, 15) is 4.79 Å². The second-order valence-corrected chi connectivity index (χ2v) is 8.44. The Morgan fingerprint density at radius 1 is 1.10 bits per heavy atom. The number of aromatic nitrogens is 3. The van der Waals surface area contributed by atoms with Gasteiger partial charge in [0.2, 0.25) is 5.91 Å². The zero-order valence-corrected chi connectivity index (χ0v) is 19.6. The molecule has 31 heavy (non-hydrogen) atoms. The average molecular weight is 481 g/mol. The van der Waals surface area contributed by atoms with Crippen molar-refractivity contribution in [1.82, 2.24) is 14.8 Å². The molecule has 164 valence electrons. The lowest BCUT2D eigenvalue weighted by Gasteiger charge is -2.12. The van der Waals surface area contributed by atoms with E-state index in [0.29, 0.717) is 44.8 Å². The first-order chi connectivity index (χ1) is 14.9. The summed E-state index contributed by atoms with van der Waals surface area (Å²) in [5.41, 5.74) is 1.63. The standard InChI is InChI=1S/C21H22Cl2N4O3S/c1-4-29-18-7-13(2)5-6-17(18)30-11-19-25-26-21(27(19)3)31-12-20(28)24-16-9-14(22)8-15(23)10-16/h5-10H,4,11-12H2,1-3H3,(H,24,28). The van der Waals surface area contributed by atoms with E-state index in [4.69, 9.17) is 32.7 Å². The van der Waals surface area contributed by atoms with Crippen LogP contribution in [0.5, 0.6) is 11.5 Å². The van der Waals surface area contributed by atoms with Gasteiger partial charge in [0.05, 0.1) is 12.4 Å². The quantitative estimate of drug-likeness (QED) is 0.427. The van der Waals surface area contributed by atoms with Crippen molar-refractivity contribution in [2.24, 2.45) is 7.05 Å². The van der Waals surface area contributed by atoms with Crippen molar-refractivity contribution >= 4 is 46.6 Å². The van der Waals surface area contributed by atoms with E-state index in [0.717, 1.165) is 5.56 Å². The molecule has 3 rings (SSSR count). The summed E-state index contributed by atoms with van der Waals surface area (Å²) in [5, 5.41) is 12.6. The minimum Gasteiger partial charge on any atom is -0.490 e. The molecule has 0 saturated carbocycles. The van der Waals surface area contributed by atoms with Gasteiger partial charge in [0.25, 0.3) is 0 Å². The summed E-state index contributed by atoms with van der Waals surface area (Å²) in [7, 11) is 1.83. The summed E-state index contributed by atoms with van der Waals surface area (Å²) in [4.78, 5) is 12.2. The number of carbonyl (C=O) groups excluding carboxylic acids is 1. The predicted molar refractivity (Wildman–Crippen MR) is 123 cm³/mol. The number of hydrogen-bond acceptors (Lipinski definition) is 6.